The molecule has 146 valence electrons. The number of rotatable bonds is 2. The molecule has 11 atom stereocenters. The van der Waals surface area contributed by atoms with Gasteiger partial charge in [0.1, 0.15) is 29.8 Å². The second kappa shape index (κ2) is 4.40. The Balaban J connectivity index is 1.58. The summed E-state index contributed by atoms with van der Waals surface area (Å²) < 4.78 is 23.3. The Morgan fingerprint density at radius 2 is 1.89 bits per heavy atom. The molecule has 27 heavy (non-hydrogen) atoms. The van der Waals surface area contributed by atoms with Gasteiger partial charge in [-0.05, 0) is 12.5 Å². The van der Waals surface area contributed by atoms with E-state index in [-0.39, 0.29) is 24.5 Å². The summed E-state index contributed by atoms with van der Waals surface area (Å²) in [5, 5.41) is 20.5. The van der Waals surface area contributed by atoms with Gasteiger partial charge >= 0.3 is 11.9 Å². The molecule has 2 saturated carbocycles. The molecule has 8 heteroatoms. The van der Waals surface area contributed by atoms with Crippen molar-refractivity contribution in [1.29, 1.82) is 0 Å². The lowest BCUT2D eigenvalue weighted by atomic mass is 9.46. The quantitative estimate of drug-likeness (QED) is 0.479. The monoisotopic (exact) mass is 378 g/mol. The molecule has 3 saturated heterocycles. The first-order chi connectivity index (χ1) is 12.7. The number of cyclic esters (lactones) is 1. The van der Waals surface area contributed by atoms with Gasteiger partial charge in [-0.15, -0.1) is 0 Å². The van der Waals surface area contributed by atoms with E-state index in [0.717, 1.165) is 5.57 Å². The van der Waals surface area contributed by atoms with Crippen LogP contribution in [0.3, 0.4) is 0 Å². The summed E-state index contributed by atoms with van der Waals surface area (Å²) in [6.07, 6.45) is -1.93. The minimum atomic E-state index is -1.12. The minimum Gasteiger partial charge on any atom is -0.459 e. The predicted molar refractivity (Wildman–Crippen MR) is 86.1 cm³/mol. The highest BCUT2D eigenvalue weighted by molar-refractivity contribution is 5.87. The van der Waals surface area contributed by atoms with Gasteiger partial charge in [-0.3, -0.25) is 4.79 Å². The van der Waals surface area contributed by atoms with Gasteiger partial charge in [0.15, 0.2) is 5.60 Å². The van der Waals surface area contributed by atoms with E-state index in [1.807, 2.05) is 6.92 Å². The zero-order chi connectivity index (χ0) is 19.1. The number of esters is 2. The van der Waals surface area contributed by atoms with Crippen LogP contribution in [0.25, 0.3) is 0 Å². The molecule has 6 rings (SSSR count). The van der Waals surface area contributed by atoms with Gasteiger partial charge in [0.25, 0.3) is 0 Å². The van der Waals surface area contributed by atoms with Gasteiger partial charge in [0, 0.05) is 29.9 Å². The number of aliphatic hydroxyl groups excluding tert-OH is 2. The lowest BCUT2D eigenvalue weighted by Gasteiger charge is -2.53. The first kappa shape index (κ1) is 16.5. The standard InChI is InChI=1S/C19H22O8/c1-6(5-20)13-19-7(4-8(21)24-13)17(2)11-9(15(19)27-19)26-16(23)18(11,3)12(22)10-14(17)25-10/h4,6,9-15,20,22H,5H2,1-3H3. The van der Waals surface area contributed by atoms with Crippen LogP contribution in [0.1, 0.15) is 20.8 Å². The summed E-state index contributed by atoms with van der Waals surface area (Å²) in [4.78, 5) is 25.3. The minimum absolute atomic E-state index is 0.160. The topological polar surface area (TPSA) is 118 Å². The van der Waals surface area contributed by atoms with Crippen LogP contribution in [0, 0.1) is 22.7 Å². The molecule has 6 aliphatic rings. The van der Waals surface area contributed by atoms with Gasteiger partial charge in [-0.2, -0.15) is 0 Å². The van der Waals surface area contributed by atoms with E-state index in [2.05, 4.69) is 0 Å². The fourth-order valence-electron chi connectivity index (χ4n) is 6.75. The Morgan fingerprint density at radius 3 is 2.59 bits per heavy atom. The fourth-order valence-corrected chi connectivity index (χ4v) is 6.75. The Morgan fingerprint density at radius 1 is 1.15 bits per heavy atom. The molecular formula is C19H22O8. The Hall–Kier alpha value is -1.48. The van der Waals surface area contributed by atoms with E-state index in [1.165, 1.54) is 6.08 Å². The molecule has 4 heterocycles. The number of carbonyl (C=O) groups excluding carboxylic acids is 2. The first-order valence-electron chi connectivity index (χ1n) is 9.49. The third kappa shape index (κ3) is 1.48. The molecule has 2 N–H and O–H groups in total. The maximum absolute atomic E-state index is 12.8. The van der Waals surface area contributed by atoms with Crippen molar-refractivity contribution < 1.29 is 38.7 Å². The van der Waals surface area contributed by atoms with Crippen molar-refractivity contribution in [2.24, 2.45) is 22.7 Å². The molecule has 11 unspecified atom stereocenters. The van der Waals surface area contributed by atoms with Crippen molar-refractivity contribution in [3.8, 4) is 0 Å². The van der Waals surface area contributed by atoms with Crippen molar-refractivity contribution in [3.05, 3.63) is 11.6 Å². The third-order valence-electron chi connectivity index (χ3n) is 8.07. The van der Waals surface area contributed by atoms with E-state index >= 15 is 0 Å². The fraction of sp³-hybridized carbons (Fsp3) is 0.789. The average Bonchev–Trinajstić information content (AvgIpc) is 3.53. The molecule has 0 aromatic carbocycles. The smallest absolute Gasteiger partial charge is 0.331 e. The summed E-state index contributed by atoms with van der Waals surface area (Å²) in [7, 11) is 0. The lowest BCUT2D eigenvalue weighted by Crippen LogP contribution is -2.65. The number of fused-ring (bicyclic) bond motifs is 4. The molecule has 0 bridgehead atoms. The van der Waals surface area contributed by atoms with Gasteiger partial charge in [-0.1, -0.05) is 13.8 Å². The van der Waals surface area contributed by atoms with Crippen LogP contribution in [0.4, 0.5) is 0 Å². The molecule has 2 aliphatic carbocycles. The van der Waals surface area contributed by atoms with E-state index in [4.69, 9.17) is 18.9 Å². The average molecular weight is 378 g/mol. The van der Waals surface area contributed by atoms with Crippen LogP contribution in [0.15, 0.2) is 11.6 Å². The second-order valence-corrected chi connectivity index (χ2v) is 9.29. The number of aliphatic hydroxyl groups is 2. The highest BCUT2D eigenvalue weighted by atomic mass is 16.7. The predicted octanol–water partition coefficient (Wildman–Crippen LogP) is -0.686. The SMILES string of the molecule is CC(CO)C1OC(=O)C=C2C3(C)C4OC4C(O)C4(C)C(=O)OC(C43)C3OC213. The Bertz CT molecular complexity index is 823. The molecule has 8 nitrogen and oxygen atoms in total. The van der Waals surface area contributed by atoms with Gasteiger partial charge in [0.2, 0.25) is 0 Å². The van der Waals surface area contributed by atoms with Crippen molar-refractivity contribution in [2.45, 2.75) is 63.0 Å². The van der Waals surface area contributed by atoms with Crippen LogP contribution < -0.4 is 0 Å². The molecule has 5 fully saturated rings. The highest BCUT2D eigenvalue weighted by Gasteiger charge is 2.88. The van der Waals surface area contributed by atoms with Crippen LogP contribution >= 0.6 is 0 Å². The number of hydrogen-bond donors (Lipinski definition) is 2. The molecule has 1 spiro atoms. The maximum Gasteiger partial charge on any atom is 0.331 e. The molecule has 4 aliphatic heterocycles. The second-order valence-electron chi connectivity index (χ2n) is 9.29. The molecule has 0 radical (unpaired) electrons. The Labute approximate surface area is 155 Å². The highest BCUT2D eigenvalue weighted by Crippen LogP contribution is 2.75. The summed E-state index contributed by atoms with van der Waals surface area (Å²) in [5.74, 6) is -1.63. The summed E-state index contributed by atoms with van der Waals surface area (Å²) >= 11 is 0. The van der Waals surface area contributed by atoms with Crippen molar-refractivity contribution in [1.82, 2.24) is 0 Å². The Kier molecular flexibility index (Phi) is 2.68. The zero-order valence-corrected chi connectivity index (χ0v) is 15.2. The van der Waals surface area contributed by atoms with E-state index < -0.39 is 58.9 Å². The third-order valence-corrected chi connectivity index (χ3v) is 8.07. The van der Waals surface area contributed by atoms with Gasteiger partial charge in [0.05, 0.1) is 12.2 Å². The summed E-state index contributed by atoms with van der Waals surface area (Å²) in [6.45, 7) is 5.35. The zero-order valence-electron chi connectivity index (χ0n) is 15.2. The number of carbonyl (C=O) groups is 2. The summed E-state index contributed by atoms with van der Waals surface area (Å²) in [5.41, 5.74) is -1.96. The van der Waals surface area contributed by atoms with E-state index in [9.17, 15) is 19.8 Å². The van der Waals surface area contributed by atoms with Gasteiger partial charge < -0.3 is 29.2 Å². The van der Waals surface area contributed by atoms with Gasteiger partial charge in [-0.25, -0.2) is 4.79 Å². The molecule has 0 amide bonds. The lowest BCUT2D eigenvalue weighted by molar-refractivity contribution is -0.156. The number of hydrogen-bond acceptors (Lipinski definition) is 8. The van der Waals surface area contributed by atoms with Crippen molar-refractivity contribution >= 4 is 11.9 Å². The molecule has 0 aromatic heterocycles. The molecular weight excluding hydrogens is 356 g/mol. The number of ether oxygens (including phenoxy) is 4. The van der Waals surface area contributed by atoms with Crippen LogP contribution in [0.2, 0.25) is 0 Å². The normalized spacial score (nSPS) is 60.0. The van der Waals surface area contributed by atoms with Crippen molar-refractivity contribution in [2.75, 3.05) is 6.61 Å². The van der Waals surface area contributed by atoms with Crippen LogP contribution in [-0.2, 0) is 28.5 Å². The van der Waals surface area contributed by atoms with Crippen molar-refractivity contribution in [3.63, 3.8) is 0 Å². The molecule has 0 aromatic rings. The summed E-state index contributed by atoms with van der Waals surface area (Å²) in [6, 6.07) is 0. The van der Waals surface area contributed by atoms with Crippen LogP contribution in [-0.4, -0.2) is 71.0 Å². The van der Waals surface area contributed by atoms with Crippen LogP contribution in [0.5, 0.6) is 0 Å². The largest absolute Gasteiger partial charge is 0.459 e. The number of epoxide rings is 2. The maximum atomic E-state index is 12.8. The van der Waals surface area contributed by atoms with E-state index in [1.54, 1.807) is 13.8 Å². The first-order valence-corrected chi connectivity index (χ1v) is 9.49. The van der Waals surface area contributed by atoms with E-state index in [0.29, 0.717) is 0 Å².